The van der Waals surface area contributed by atoms with E-state index in [2.05, 4.69) is 30.2 Å². The van der Waals surface area contributed by atoms with Crippen LogP contribution >= 0.6 is 11.6 Å². The summed E-state index contributed by atoms with van der Waals surface area (Å²) in [5.74, 6) is 1.89. The molecule has 1 aromatic heterocycles. The number of hydrogen-bond donors (Lipinski definition) is 0. The number of rotatable bonds is 4. The number of para-hydroxylation sites is 2. The van der Waals surface area contributed by atoms with Crippen molar-refractivity contribution < 1.29 is 0 Å². The predicted molar refractivity (Wildman–Crippen MR) is 89.0 cm³/mol. The van der Waals surface area contributed by atoms with Crippen LogP contribution in [0.15, 0.2) is 35.9 Å². The van der Waals surface area contributed by atoms with Gasteiger partial charge >= 0.3 is 0 Å². The zero-order valence-electron chi connectivity index (χ0n) is 12.4. The van der Waals surface area contributed by atoms with E-state index in [4.69, 9.17) is 21.6 Å². The number of aromatic nitrogens is 2. The van der Waals surface area contributed by atoms with Gasteiger partial charge in [0.2, 0.25) is 0 Å². The molecule has 0 atom stereocenters. The number of fused-ring (bicyclic) bond motifs is 2. The molecule has 1 aliphatic rings. The minimum absolute atomic E-state index is 0.150. The standard InChI is InChI=1S/C16H19ClN4/c1-4-20-14(10-11(3)17)21(5-2)16-15(20)18-12-8-6-7-9-13(12)19-16/h6-9,14H,3-5,10H2,1-2H3. The van der Waals surface area contributed by atoms with E-state index in [-0.39, 0.29) is 6.17 Å². The minimum atomic E-state index is 0.150. The number of hydrogen-bond acceptors (Lipinski definition) is 4. The average molecular weight is 303 g/mol. The Balaban J connectivity index is 2.14. The first kappa shape index (κ1) is 14.1. The maximum absolute atomic E-state index is 6.06. The van der Waals surface area contributed by atoms with Crippen LogP contribution in [0.25, 0.3) is 11.0 Å². The van der Waals surface area contributed by atoms with Gasteiger partial charge in [0.1, 0.15) is 6.17 Å². The summed E-state index contributed by atoms with van der Waals surface area (Å²) in [5.41, 5.74) is 1.85. The molecule has 3 rings (SSSR count). The Labute approximate surface area is 130 Å². The third-order valence-corrected chi connectivity index (χ3v) is 4.04. The molecule has 0 N–H and O–H groups in total. The van der Waals surface area contributed by atoms with E-state index in [1.54, 1.807) is 0 Å². The summed E-state index contributed by atoms with van der Waals surface area (Å²) in [6, 6.07) is 7.98. The maximum atomic E-state index is 6.06. The third-order valence-electron chi connectivity index (χ3n) is 3.88. The van der Waals surface area contributed by atoms with Crippen LogP contribution in [0, 0.1) is 0 Å². The van der Waals surface area contributed by atoms with Gasteiger partial charge in [-0.15, -0.1) is 0 Å². The Kier molecular flexibility index (Phi) is 3.72. The van der Waals surface area contributed by atoms with Crippen LogP contribution in [-0.4, -0.2) is 29.2 Å². The second-order valence-corrected chi connectivity index (χ2v) is 5.67. The summed E-state index contributed by atoms with van der Waals surface area (Å²) < 4.78 is 0. The second-order valence-electron chi connectivity index (χ2n) is 5.13. The van der Waals surface area contributed by atoms with Crippen LogP contribution in [0.3, 0.4) is 0 Å². The van der Waals surface area contributed by atoms with E-state index in [0.29, 0.717) is 11.5 Å². The van der Waals surface area contributed by atoms with Gasteiger partial charge in [0.25, 0.3) is 0 Å². The van der Waals surface area contributed by atoms with Gasteiger partial charge < -0.3 is 9.80 Å². The van der Waals surface area contributed by atoms with Crippen molar-refractivity contribution in [3.63, 3.8) is 0 Å². The molecule has 110 valence electrons. The lowest BCUT2D eigenvalue weighted by molar-refractivity contribution is 0.595. The van der Waals surface area contributed by atoms with Crippen molar-refractivity contribution in [1.29, 1.82) is 0 Å². The van der Waals surface area contributed by atoms with Gasteiger partial charge in [-0.25, -0.2) is 9.97 Å². The van der Waals surface area contributed by atoms with Crippen molar-refractivity contribution in [3.05, 3.63) is 35.9 Å². The molecule has 2 aromatic rings. The van der Waals surface area contributed by atoms with E-state index >= 15 is 0 Å². The minimum Gasteiger partial charge on any atom is -0.333 e. The summed E-state index contributed by atoms with van der Waals surface area (Å²) in [7, 11) is 0. The van der Waals surface area contributed by atoms with Crippen LogP contribution in [0.4, 0.5) is 11.6 Å². The second kappa shape index (κ2) is 5.53. The molecule has 1 aliphatic heterocycles. The van der Waals surface area contributed by atoms with Gasteiger partial charge in [-0.05, 0) is 26.0 Å². The van der Waals surface area contributed by atoms with Crippen molar-refractivity contribution in [2.45, 2.75) is 26.4 Å². The molecule has 0 aliphatic carbocycles. The Morgan fingerprint density at radius 2 is 1.57 bits per heavy atom. The fraction of sp³-hybridized carbons (Fsp3) is 0.375. The summed E-state index contributed by atoms with van der Waals surface area (Å²) in [4.78, 5) is 14.1. The monoisotopic (exact) mass is 302 g/mol. The molecular formula is C16H19ClN4. The Hall–Kier alpha value is -1.81. The lowest BCUT2D eigenvalue weighted by Gasteiger charge is -2.30. The first-order chi connectivity index (χ1) is 10.2. The smallest absolute Gasteiger partial charge is 0.174 e. The zero-order valence-corrected chi connectivity index (χ0v) is 13.1. The van der Waals surface area contributed by atoms with Crippen molar-refractivity contribution in [3.8, 4) is 0 Å². The molecule has 0 unspecified atom stereocenters. The fourth-order valence-corrected chi connectivity index (χ4v) is 3.09. The Morgan fingerprint density at radius 1 is 1.10 bits per heavy atom. The van der Waals surface area contributed by atoms with Gasteiger partial charge in [-0.1, -0.05) is 30.3 Å². The highest BCUT2D eigenvalue weighted by Gasteiger charge is 2.36. The van der Waals surface area contributed by atoms with E-state index < -0.39 is 0 Å². The molecule has 5 heteroatoms. The highest BCUT2D eigenvalue weighted by Crippen LogP contribution is 2.39. The molecule has 0 bridgehead atoms. The molecule has 0 saturated carbocycles. The largest absolute Gasteiger partial charge is 0.333 e. The molecule has 0 spiro atoms. The quantitative estimate of drug-likeness (QED) is 0.860. The van der Waals surface area contributed by atoms with Crippen molar-refractivity contribution in [2.75, 3.05) is 22.9 Å². The molecule has 2 heterocycles. The third kappa shape index (κ3) is 2.33. The molecule has 0 saturated heterocycles. The molecule has 0 amide bonds. The molecular weight excluding hydrogens is 284 g/mol. The van der Waals surface area contributed by atoms with Crippen LogP contribution < -0.4 is 9.80 Å². The number of halogens is 1. The van der Waals surface area contributed by atoms with Crippen molar-refractivity contribution >= 4 is 34.3 Å². The summed E-state index contributed by atoms with van der Waals surface area (Å²) in [5, 5.41) is 0.661. The maximum Gasteiger partial charge on any atom is 0.174 e. The first-order valence-electron chi connectivity index (χ1n) is 7.29. The highest BCUT2D eigenvalue weighted by molar-refractivity contribution is 6.29. The van der Waals surface area contributed by atoms with Crippen LogP contribution in [0.2, 0.25) is 0 Å². The van der Waals surface area contributed by atoms with E-state index in [0.717, 1.165) is 35.8 Å². The predicted octanol–water partition coefficient (Wildman–Crippen LogP) is 3.76. The summed E-state index contributed by atoms with van der Waals surface area (Å²) in [6.07, 6.45) is 0.856. The molecule has 0 radical (unpaired) electrons. The normalized spacial score (nSPS) is 14.8. The zero-order chi connectivity index (χ0) is 15.0. The van der Waals surface area contributed by atoms with E-state index in [1.165, 1.54) is 0 Å². The lowest BCUT2D eigenvalue weighted by atomic mass is 10.3. The van der Waals surface area contributed by atoms with Gasteiger partial charge in [-0.2, -0.15) is 0 Å². The van der Waals surface area contributed by atoms with Crippen molar-refractivity contribution in [2.24, 2.45) is 0 Å². The molecule has 21 heavy (non-hydrogen) atoms. The SMILES string of the molecule is C=C(Cl)CC1N(CC)c2nc3ccccc3nc2N1CC. The Morgan fingerprint density at radius 3 is 1.95 bits per heavy atom. The van der Waals surface area contributed by atoms with Crippen molar-refractivity contribution in [1.82, 2.24) is 9.97 Å². The first-order valence-corrected chi connectivity index (χ1v) is 7.66. The van der Waals surface area contributed by atoms with Gasteiger partial charge in [0.15, 0.2) is 11.6 Å². The van der Waals surface area contributed by atoms with Crippen LogP contribution in [0.5, 0.6) is 0 Å². The van der Waals surface area contributed by atoms with E-state index in [9.17, 15) is 0 Å². The summed E-state index contributed by atoms with van der Waals surface area (Å²) >= 11 is 6.06. The number of benzene rings is 1. The fourth-order valence-electron chi connectivity index (χ4n) is 2.96. The van der Waals surface area contributed by atoms with Gasteiger partial charge in [0, 0.05) is 24.5 Å². The number of nitrogens with zero attached hydrogens (tertiary/aromatic N) is 4. The summed E-state index contributed by atoms with van der Waals surface area (Å²) in [6.45, 7) is 9.84. The van der Waals surface area contributed by atoms with Crippen LogP contribution in [-0.2, 0) is 0 Å². The lowest BCUT2D eigenvalue weighted by Crippen LogP contribution is -2.43. The van der Waals surface area contributed by atoms with E-state index in [1.807, 2.05) is 24.3 Å². The molecule has 1 aromatic carbocycles. The highest BCUT2D eigenvalue weighted by atomic mass is 35.5. The van der Waals surface area contributed by atoms with Crippen LogP contribution in [0.1, 0.15) is 20.3 Å². The number of anilines is 2. The molecule has 4 nitrogen and oxygen atoms in total. The average Bonchev–Trinajstić information content (AvgIpc) is 2.75. The molecule has 0 fully saturated rings. The van der Waals surface area contributed by atoms with Gasteiger partial charge in [-0.3, -0.25) is 0 Å². The Bertz CT molecular complexity index is 635. The van der Waals surface area contributed by atoms with Gasteiger partial charge in [0.05, 0.1) is 11.0 Å². The topological polar surface area (TPSA) is 32.3 Å².